The van der Waals surface area contributed by atoms with Gasteiger partial charge in [-0.05, 0) is 69.0 Å². The van der Waals surface area contributed by atoms with Crippen LogP contribution < -0.4 is 9.62 Å². The Hall–Kier alpha value is -3.36. The molecule has 3 rings (SSSR count). The summed E-state index contributed by atoms with van der Waals surface area (Å²) in [7, 11) is -4.16. The summed E-state index contributed by atoms with van der Waals surface area (Å²) in [6.07, 6.45) is 0. The Balaban J connectivity index is 2.05. The van der Waals surface area contributed by atoms with Crippen LogP contribution in [0.5, 0.6) is 0 Å². The molecule has 0 aliphatic heterocycles. The molecule has 0 radical (unpaired) electrons. The minimum Gasteiger partial charge on any atom is -0.354 e. The molecule has 0 spiro atoms. The smallest absolute Gasteiger partial charge is 0.264 e. The Morgan fingerprint density at radius 1 is 0.875 bits per heavy atom. The molecule has 7 nitrogen and oxygen atoms in total. The number of halogens is 1. The van der Waals surface area contributed by atoms with Crippen LogP contribution in [-0.4, -0.2) is 44.3 Å². The number of benzene rings is 3. The van der Waals surface area contributed by atoms with Gasteiger partial charge in [-0.2, -0.15) is 0 Å². The average Bonchev–Trinajstić information content (AvgIpc) is 2.91. The zero-order valence-electron chi connectivity index (χ0n) is 23.9. The molecule has 40 heavy (non-hydrogen) atoms. The van der Waals surface area contributed by atoms with Crippen LogP contribution in [0.2, 0.25) is 5.02 Å². The van der Waals surface area contributed by atoms with Gasteiger partial charge >= 0.3 is 0 Å². The Kier molecular flexibility index (Phi) is 10.4. The van der Waals surface area contributed by atoms with Crippen LogP contribution in [0.3, 0.4) is 0 Å². The first-order valence-corrected chi connectivity index (χ1v) is 15.1. The van der Waals surface area contributed by atoms with Crippen molar-refractivity contribution in [1.29, 1.82) is 0 Å². The SMILES string of the molecule is Cc1ccc(CN(C(=O)CN(c2cc(Cl)ccc2C)S(=O)(=O)c2ccc(C)cc2)[C@H](C)C(=O)NCC(C)C)cc1. The molecule has 0 saturated heterocycles. The van der Waals surface area contributed by atoms with Gasteiger partial charge in [-0.15, -0.1) is 0 Å². The van der Waals surface area contributed by atoms with Crippen LogP contribution >= 0.6 is 11.6 Å². The summed E-state index contributed by atoms with van der Waals surface area (Å²) >= 11 is 6.28. The highest BCUT2D eigenvalue weighted by atomic mass is 35.5. The lowest BCUT2D eigenvalue weighted by Crippen LogP contribution is -2.51. The lowest BCUT2D eigenvalue weighted by atomic mass is 10.1. The number of hydrogen-bond acceptors (Lipinski definition) is 4. The Bertz CT molecular complexity index is 1440. The second kappa shape index (κ2) is 13.3. The van der Waals surface area contributed by atoms with Crippen molar-refractivity contribution in [3.63, 3.8) is 0 Å². The molecule has 0 aromatic heterocycles. The zero-order valence-corrected chi connectivity index (χ0v) is 25.5. The number of anilines is 1. The van der Waals surface area contributed by atoms with E-state index in [1.807, 2.05) is 52.0 Å². The molecule has 9 heteroatoms. The average molecular weight is 584 g/mol. The fourth-order valence-electron chi connectivity index (χ4n) is 4.13. The molecular formula is C31H38ClN3O4S. The highest BCUT2D eigenvalue weighted by molar-refractivity contribution is 7.92. The predicted molar refractivity (Wildman–Crippen MR) is 161 cm³/mol. The largest absolute Gasteiger partial charge is 0.354 e. The third-order valence-electron chi connectivity index (χ3n) is 6.65. The Morgan fingerprint density at radius 3 is 2.02 bits per heavy atom. The van der Waals surface area contributed by atoms with Gasteiger partial charge in [-0.3, -0.25) is 13.9 Å². The third kappa shape index (κ3) is 7.86. The van der Waals surface area contributed by atoms with Crippen LogP contribution in [0.1, 0.15) is 43.0 Å². The van der Waals surface area contributed by atoms with Crippen LogP contribution in [-0.2, 0) is 26.2 Å². The van der Waals surface area contributed by atoms with E-state index in [1.54, 1.807) is 44.2 Å². The molecular weight excluding hydrogens is 546 g/mol. The normalized spacial score (nSPS) is 12.2. The quantitative estimate of drug-likeness (QED) is 0.316. The van der Waals surface area contributed by atoms with E-state index in [1.165, 1.54) is 17.0 Å². The predicted octanol–water partition coefficient (Wildman–Crippen LogP) is 5.65. The van der Waals surface area contributed by atoms with E-state index in [9.17, 15) is 18.0 Å². The van der Waals surface area contributed by atoms with E-state index in [4.69, 9.17) is 11.6 Å². The van der Waals surface area contributed by atoms with E-state index in [0.29, 0.717) is 22.8 Å². The molecule has 1 N–H and O–H groups in total. The topological polar surface area (TPSA) is 86.8 Å². The first-order valence-electron chi connectivity index (χ1n) is 13.3. The monoisotopic (exact) mass is 583 g/mol. The minimum atomic E-state index is -4.16. The number of nitrogens with one attached hydrogen (secondary N) is 1. The van der Waals surface area contributed by atoms with Gasteiger partial charge < -0.3 is 10.2 Å². The summed E-state index contributed by atoms with van der Waals surface area (Å²) in [4.78, 5) is 28.6. The molecule has 2 amide bonds. The summed E-state index contributed by atoms with van der Waals surface area (Å²) in [5, 5.41) is 3.24. The molecule has 214 valence electrons. The first kappa shape index (κ1) is 31.2. The molecule has 1 atom stereocenters. The molecule has 0 aliphatic carbocycles. The standard InChI is InChI=1S/C31H38ClN3O4S/c1-21(2)18-33-31(37)25(6)34(19-26-12-7-22(3)8-13-26)30(36)20-35(29-17-27(32)14-11-24(29)5)40(38,39)28-15-9-23(4)10-16-28/h7-17,21,25H,18-20H2,1-6H3,(H,33,37)/t25-/m1/s1. The molecule has 0 unspecified atom stereocenters. The summed E-state index contributed by atoms with van der Waals surface area (Å²) in [5.74, 6) is -0.581. The first-order chi connectivity index (χ1) is 18.8. The molecule has 0 aliphatic rings. The van der Waals surface area contributed by atoms with E-state index in [-0.39, 0.29) is 23.3 Å². The molecule has 0 bridgehead atoms. The zero-order chi connectivity index (χ0) is 29.6. The van der Waals surface area contributed by atoms with Crippen LogP contribution in [0.15, 0.2) is 71.6 Å². The third-order valence-corrected chi connectivity index (χ3v) is 8.66. The van der Waals surface area contributed by atoms with Gasteiger partial charge in [-0.1, -0.05) is 79.0 Å². The summed E-state index contributed by atoms with van der Waals surface area (Å²) in [6, 6.07) is 18.2. The maximum atomic E-state index is 14.0. The number of carbonyl (C=O) groups excluding carboxylic acids is 2. The Labute approximate surface area is 243 Å². The van der Waals surface area contributed by atoms with Gasteiger partial charge in [0.2, 0.25) is 11.8 Å². The molecule has 0 fully saturated rings. The lowest BCUT2D eigenvalue weighted by Gasteiger charge is -2.32. The highest BCUT2D eigenvalue weighted by Crippen LogP contribution is 2.30. The number of carbonyl (C=O) groups is 2. The van der Waals surface area contributed by atoms with Gasteiger partial charge in [0.15, 0.2) is 0 Å². The van der Waals surface area contributed by atoms with Crippen molar-refractivity contribution in [2.45, 2.75) is 59.0 Å². The summed E-state index contributed by atoms with van der Waals surface area (Å²) in [5.41, 5.74) is 3.74. The fourth-order valence-corrected chi connectivity index (χ4v) is 5.76. The number of nitrogens with zero attached hydrogens (tertiary/aromatic N) is 2. The summed E-state index contributed by atoms with van der Waals surface area (Å²) in [6.45, 7) is 11.3. The van der Waals surface area contributed by atoms with Crippen molar-refractivity contribution in [3.05, 3.63) is 94.0 Å². The number of hydrogen-bond donors (Lipinski definition) is 1. The van der Waals surface area contributed by atoms with E-state index >= 15 is 0 Å². The molecule has 0 heterocycles. The highest BCUT2D eigenvalue weighted by Gasteiger charge is 2.33. The van der Waals surface area contributed by atoms with Crippen LogP contribution in [0.25, 0.3) is 0 Å². The molecule has 3 aromatic carbocycles. The number of sulfonamides is 1. The Morgan fingerprint density at radius 2 is 1.45 bits per heavy atom. The second-order valence-corrected chi connectivity index (χ2v) is 12.9. The van der Waals surface area contributed by atoms with Crippen molar-refractivity contribution < 1.29 is 18.0 Å². The summed E-state index contributed by atoms with van der Waals surface area (Å²) < 4.78 is 29.0. The fraction of sp³-hybridized carbons (Fsp3) is 0.355. The van der Waals surface area contributed by atoms with E-state index < -0.39 is 28.5 Å². The number of rotatable bonds is 11. The van der Waals surface area contributed by atoms with Gasteiger partial charge in [0.1, 0.15) is 12.6 Å². The van der Waals surface area contributed by atoms with Crippen molar-refractivity contribution >= 4 is 39.1 Å². The number of aryl methyl sites for hydroxylation is 3. The second-order valence-electron chi connectivity index (χ2n) is 10.6. The van der Waals surface area contributed by atoms with Crippen molar-refractivity contribution in [1.82, 2.24) is 10.2 Å². The van der Waals surface area contributed by atoms with Gasteiger partial charge in [0.05, 0.1) is 10.6 Å². The van der Waals surface area contributed by atoms with Crippen LogP contribution in [0.4, 0.5) is 5.69 Å². The van der Waals surface area contributed by atoms with Gasteiger partial charge in [0, 0.05) is 18.1 Å². The van der Waals surface area contributed by atoms with Crippen molar-refractivity contribution in [2.24, 2.45) is 5.92 Å². The van der Waals surface area contributed by atoms with E-state index in [2.05, 4.69) is 5.32 Å². The maximum Gasteiger partial charge on any atom is 0.264 e. The maximum absolute atomic E-state index is 14.0. The van der Waals surface area contributed by atoms with Crippen LogP contribution in [0, 0.1) is 26.7 Å². The number of amides is 2. The minimum absolute atomic E-state index is 0.0538. The van der Waals surface area contributed by atoms with Gasteiger partial charge in [0.25, 0.3) is 10.0 Å². The van der Waals surface area contributed by atoms with Crippen molar-refractivity contribution in [2.75, 3.05) is 17.4 Å². The molecule has 3 aromatic rings. The lowest BCUT2D eigenvalue weighted by molar-refractivity contribution is -0.139. The van der Waals surface area contributed by atoms with Crippen molar-refractivity contribution in [3.8, 4) is 0 Å². The van der Waals surface area contributed by atoms with Gasteiger partial charge in [-0.25, -0.2) is 8.42 Å². The molecule has 0 saturated carbocycles. The van der Waals surface area contributed by atoms with E-state index in [0.717, 1.165) is 21.0 Å².